The highest BCUT2D eigenvalue weighted by molar-refractivity contribution is 5.92. The van der Waals surface area contributed by atoms with E-state index >= 15 is 0 Å². The molecular formula is C32H48N6O9. The minimum Gasteiger partial charge on any atom is -0.469 e. The molecular weight excluding hydrogens is 612 g/mol. The minimum absolute atomic E-state index is 0.0314. The lowest BCUT2D eigenvalue weighted by Crippen LogP contribution is -2.52. The summed E-state index contributed by atoms with van der Waals surface area (Å²) in [5, 5.41) is 22.1. The van der Waals surface area contributed by atoms with Gasteiger partial charge in [-0.15, -0.1) is 0 Å². The maximum absolute atomic E-state index is 12.5. The molecule has 1 saturated carbocycles. The van der Waals surface area contributed by atoms with Crippen LogP contribution >= 0.6 is 0 Å². The molecule has 1 aromatic heterocycles. The van der Waals surface area contributed by atoms with Crippen LogP contribution < -0.4 is 26.6 Å². The summed E-state index contributed by atoms with van der Waals surface area (Å²) < 4.78 is 5.20. The normalized spacial score (nSPS) is 12.3. The molecule has 47 heavy (non-hydrogen) atoms. The monoisotopic (exact) mass is 660 g/mol. The first-order valence-corrected chi connectivity index (χ1v) is 15.4. The van der Waals surface area contributed by atoms with Crippen molar-refractivity contribution in [3.8, 4) is 0 Å². The molecule has 5 amide bonds. The average molecular weight is 661 g/mol. The van der Waals surface area contributed by atoms with Crippen LogP contribution in [0.3, 0.4) is 0 Å². The summed E-state index contributed by atoms with van der Waals surface area (Å²) in [7, 11) is 0. The number of nitrogens with zero attached hydrogens (tertiary/aromatic N) is 1. The number of benzene rings is 1. The van der Waals surface area contributed by atoms with Crippen molar-refractivity contribution in [3.63, 3.8) is 0 Å². The number of nitrogens with one attached hydrogen (secondary N) is 5. The van der Waals surface area contributed by atoms with Gasteiger partial charge in [-0.3, -0.25) is 34.1 Å². The molecule has 15 heteroatoms. The molecule has 260 valence electrons. The summed E-state index contributed by atoms with van der Waals surface area (Å²) in [6.45, 7) is 10.2. The Bertz CT molecular complexity index is 1260. The van der Waals surface area contributed by atoms with Crippen LogP contribution in [-0.2, 0) is 35.2 Å². The molecule has 1 heterocycles. The number of nitro benzene ring substituents is 1. The molecule has 3 rings (SSSR count). The quantitative estimate of drug-likeness (QED) is 0.114. The largest absolute Gasteiger partial charge is 0.469 e. The Labute approximate surface area is 275 Å². The Morgan fingerprint density at radius 1 is 0.957 bits per heavy atom. The van der Waals surface area contributed by atoms with Crippen LogP contribution in [0.25, 0.3) is 0 Å². The number of carbonyl (C=O) groups is 6. The van der Waals surface area contributed by atoms with Gasteiger partial charge in [0, 0.05) is 38.4 Å². The second kappa shape index (κ2) is 24.2. The second-order valence-electron chi connectivity index (χ2n) is 10.3. The molecule has 2 atom stereocenters. The molecule has 0 aliphatic heterocycles. The van der Waals surface area contributed by atoms with Crippen molar-refractivity contribution in [2.75, 3.05) is 19.6 Å². The van der Waals surface area contributed by atoms with E-state index in [9.17, 15) is 38.9 Å². The van der Waals surface area contributed by atoms with Gasteiger partial charge in [0.1, 0.15) is 24.1 Å². The van der Waals surface area contributed by atoms with Crippen molar-refractivity contribution in [1.82, 2.24) is 26.6 Å². The Morgan fingerprint density at radius 3 is 2.02 bits per heavy atom. The van der Waals surface area contributed by atoms with Crippen molar-refractivity contribution < 1.29 is 38.1 Å². The molecule has 5 N–H and O–H groups in total. The number of furan rings is 1. The van der Waals surface area contributed by atoms with Gasteiger partial charge in [0.15, 0.2) is 0 Å². The van der Waals surface area contributed by atoms with E-state index in [4.69, 9.17) is 4.42 Å². The third-order valence-electron chi connectivity index (χ3n) is 6.01. The molecule has 1 aliphatic carbocycles. The second-order valence-corrected chi connectivity index (χ2v) is 10.3. The Morgan fingerprint density at radius 2 is 1.55 bits per heavy atom. The van der Waals surface area contributed by atoms with Gasteiger partial charge < -0.3 is 35.8 Å². The molecule has 2 aromatic rings. The number of hydrogen-bond donors (Lipinski definition) is 5. The molecule has 0 radical (unpaired) electrons. The molecule has 0 unspecified atom stereocenters. The summed E-state index contributed by atoms with van der Waals surface area (Å²) in [6.07, 6.45) is 5.11. The van der Waals surface area contributed by atoms with Gasteiger partial charge >= 0.3 is 0 Å². The summed E-state index contributed by atoms with van der Waals surface area (Å²) in [4.78, 5) is 79.3. The first-order valence-electron chi connectivity index (χ1n) is 15.4. The topological polar surface area (TPSA) is 219 Å². The molecule has 1 aromatic carbocycles. The standard InChI is InChI=1S/C19H27N5O7.C7H7NO2.C4H8.C2H6/c1-3-16(27)21-10-18(29)24-15(7-14-5-4-6-31-14)19(30)22-9-17(28)20-8-13(11-25)23-12(2)26;1-6-2-4-7(5-3-6)8(9)10;1-4-2-3-4;1-2/h4-6,11,13,15H,3,7-10H2,1-2H3,(H,20,28)(H,21,27)(H,22,30)(H,23,26)(H,24,29);2-5H,1H3;4H,2-3H2,1H3;1-2H3/t13-,15-;;;/m0.../s1. The fourth-order valence-corrected chi connectivity index (χ4v) is 3.19. The maximum Gasteiger partial charge on any atom is 0.269 e. The lowest BCUT2D eigenvalue weighted by atomic mass is 10.1. The number of amides is 5. The zero-order valence-corrected chi connectivity index (χ0v) is 27.9. The highest BCUT2D eigenvalue weighted by atomic mass is 16.6. The molecule has 0 saturated heterocycles. The highest BCUT2D eigenvalue weighted by Crippen LogP contribution is 2.26. The first kappa shape index (κ1) is 41.9. The van der Waals surface area contributed by atoms with Crippen LogP contribution in [0.4, 0.5) is 5.69 Å². The van der Waals surface area contributed by atoms with Gasteiger partial charge in [-0.05, 0) is 25.0 Å². The zero-order chi connectivity index (χ0) is 35.8. The van der Waals surface area contributed by atoms with E-state index in [-0.39, 0.29) is 37.5 Å². The Hall–Kier alpha value is -5.08. The first-order chi connectivity index (χ1) is 22.3. The van der Waals surface area contributed by atoms with E-state index in [0.29, 0.717) is 12.0 Å². The summed E-state index contributed by atoms with van der Waals surface area (Å²) in [5.74, 6) is -1.04. The Balaban J connectivity index is 0.00000107. The summed E-state index contributed by atoms with van der Waals surface area (Å²) >= 11 is 0. The smallest absolute Gasteiger partial charge is 0.269 e. The number of rotatable bonds is 14. The predicted octanol–water partition coefficient (Wildman–Crippen LogP) is 2.11. The number of hydrogen-bond acceptors (Lipinski definition) is 9. The van der Waals surface area contributed by atoms with Crippen LogP contribution in [0, 0.1) is 23.0 Å². The van der Waals surface area contributed by atoms with Crippen molar-refractivity contribution in [2.45, 2.75) is 79.3 Å². The average Bonchev–Trinajstić information content (AvgIpc) is 3.66. The molecule has 1 fully saturated rings. The lowest BCUT2D eigenvalue weighted by Gasteiger charge is -2.18. The SMILES string of the molecule is CC.CC1CC1.CCC(=O)NCC(=O)N[C@@H](Cc1ccco1)C(=O)NCC(=O)NC[C@@H](C=O)NC(C)=O.Cc1ccc([N+](=O)[O-])cc1. The van der Waals surface area contributed by atoms with Crippen LogP contribution in [0.2, 0.25) is 0 Å². The molecule has 15 nitrogen and oxygen atoms in total. The van der Waals surface area contributed by atoms with Crippen LogP contribution in [0.15, 0.2) is 47.1 Å². The van der Waals surface area contributed by atoms with Crippen molar-refractivity contribution >= 4 is 41.5 Å². The van der Waals surface area contributed by atoms with Gasteiger partial charge in [0.2, 0.25) is 29.5 Å². The predicted molar refractivity (Wildman–Crippen MR) is 175 cm³/mol. The van der Waals surface area contributed by atoms with E-state index in [0.717, 1.165) is 11.5 Å². The summed E-state index contributed by atoms with van der Waals surface area (Å²) in [5.41, 5.74) is 1.18. The minimum atomic E-state index is -1.05. The van der Waals surface area contributed by atoms with Crippen molar-refractivity contribution in [3.05, 3.63) is 64.1 Å². The maximum atomic E-state index is 12.5. The van der Waals surface area contributed by atoms with Gasteiger partial charge in [-0.1, -0.05) is 58.2 Å². The number of nitro groups is 1. The van der Waals surface area contributed by atoms with Gasteiger partial charge in [-0.2, -0.15) is 0 Å². The van der Waals surface area contributed by atoms with E-state index in [2.05, 4.69) is 33.5 Å². The van der Waals surface area contributed by atoms with Gasteiger partial charge in [0.05, 0.1) is 24.3 Å². The number of aryl methyl sites for hydroxylation is 1. The fourth-order valence-electron chi connectivity index (χ4n) is 3.19. The summed E-state index contributed by atoms with van der Waals surface area (Å²) in [6, 6.07) is 7.74. The van der Waals surface area contributed by atoms with E-state index in [1.807, 2.05) is 20.8 Å². The number of aldehydes is 1. The molecule has 1 aliphatic rings. The van der Waals surface area contributed by atoms with Gasteiger partial charge in [0.25, 0.3) is 5.69 Å². The van der Waals surface area contributed by atoms with E-state index in [1.54, 1.807) is 31.2 Å². The van der Waals surface area contributed by atoms with Crippen LogP contribution in [0.1, 0.15) is 65.2 Å². The number of non-ortho nitro benzene ring substituents is 1. The molecule has 0 bridgehead atoms. The van der Waals surface area contributed by atoms with Crippen molar-refractivity contribution in [2.24, 2.45) is 5.92 Å². The third kappa shape index (κ3) is 21.3. The van der Waals surface area contributed by atoms with E-state index < -0.39 is 47.2 Å². The van der Waals surface area contributed by atoms with Crippen LogP contribution in [0.5, 0.6) is 0 Å². The van der Waals surface area contributed by atoms with Crippen molar-refractivity contribution in [1.29, 1.82) is 0 Å². The molecule has 0 spiro atoms. The zero-order valence-electron chi connectivity index (χ0n) is 27.9. The fraction of sp³-hybridized carbons (Fsp3) is 0.500. The third-order valence-corrected chi connectivity index (χ3v) is 6.01. The Kier molecular flexibility index (Phi) is 21.6. The lowest BCUT2D eigenvalue weighted by molar-refractivity contribution is -0.384. The number of carbonyl (C=O) groups excluding carboxylic acids is 6. The highest BCUT2D eigenvalue weighted by Gasteiger charge is 2.23. The van der Waals surface area contributed by atoms with Gasteiger partial charge in [-0.25, -0.2) is 0 Å². The van der Waals surface area contributed by atoms with E-state index in [1.165, 1.54) is 38.2 Å². The van der Waals surface area contributed by atoms with Crippen LogP contribution in [-0.4, -0.2) is 72.5 Å².